The Morgan fingerprint density at radius 3 is 2.67 bits per heavy atom. The van der Waals surface area contributed by atoms with Crippen LogP contribution >= 0.6 is 23.1 Å². The molecule has 0 bridgehead atoms. The second-order valence-corrected chi connectivity index (χ2v) is 8.12. The first kappa shape index (κ1) is 19.5. The summed E-state index contributed by atoms with van der Waals surface area (Å²) in [6.45, 7) is 4.67. The van der Waals surface area contributed by atoms with Crippen molar-refractivity contribution in [1.82, 2.24) is 4.98 Å². The topological polar surface area (TPSA) is 51.2 Å². The Balaban J connectivity index is 1.60. The van der Waals surface area contributed by atoms with Gasteiger partial charge in [-0.05, 0) is 43.2 Å². The highest BCUT2D eigenvalue weighted by atomic mass is 32.2. The molecule has 0 spiro atoms. The van der Waals surface area contributed by atoms with E-state index < -0.39 is 0 Å². The molecular formula is C21H22N2O2S2. The van der Waals surface area contributed by atoms with Crippen molar-refractivity contribution in [3.63, 3.8) is 0 Å². The Morgan fingerprint density at radius 1 is 1.19 bits per heavy atom. The number of anilines is 1. The fourth-order valence-electron chi connectivity index (χ4n) is 2.40. The summed E-state index contributed by atoms with van der Waals surface area (Å²) in [5, 5.41) is 4.99. The van der Waals surface area contributed by atoms with Gasteiger partial charge in [-0.15, -0.1) is 11.3 Å². The number of hydrogen-bond donors (Lipinski definition) is 1. The number of carbonyl (C=O) groups excluding carboxylic acids is 1. The molecular weight excluding hydrogens is 376 g/mol. The number of carbonyl (C=O) groups is 1. The molecule has 0 aliphatic carbocycles. The highest BCUT2D eigenvalue weighted by Crippen LogP contribution is 2.27. The molecule has 4 nitrogen and oxygen atoms in total. The van der Waals surface area contributed by atoms with Crippen LogP contribution in [0.3, 0.4) is 0 Å². The molecule has 1 aromatic heterocycles. The van der Waals surface area contributed by atoms with E-state index in [1.807, 2.05) is 55.5 Å². The van der Waals surface area contributed by atoms with Crippen LogP contribution in [0.15, 0.2) is 58.3 Å². The molecule has 140 valence electrons. The summed E-state index contributed by atoms with van der Waals surface area (Å²) in [6.07, 6.45) is 0.919. The van der Waals surface area contributed by atoms with Gasteiger partial charge in [0.05, 0.1) is 12.3 Å². The van der Waals surface area contributed by atoms with Crippen molar-refractivity contribution in [1.29, 1.82) is 0 Å². The number of aromatic nitrogens is 1. The smallest absolute Gasteiger partial charge is 0.255 e. The third-order valence-corrected chi connectivity index (χ3v) is 5.98. The van der Waals surface area contributed by atoms with Crippen molar-refractivity contribution in [2.24, 2.45) is 0 Å². The van der Waals surface area contributed by atoms with Crippen molar-refractivity contribution in [3.8, 4) is 5.75 Å². The van der Waals surface area contributed by atoms with Gasteiger partial charge in [-0.1, -0.05) is 43.0 Å². The summed E-state index contributed by atoms with van der Waals surface area (Å²) >= 11 is 3.37. The van der Waals surface area contributed by atoms with E-state index in [2.05, 4.69) is 22.6 Å². The van der Waals surface area contributed by atoms with Gasteiger partial charge in [0.25, 0.3) is 5.91 Å². The van der Waals surface area contributed by atoms with Crippen LogP contribution in [0.4, 0.5) is 5.69 Å². The van der Waals surface area contributed by atoms with Crippen molar-refractivity contribution >= 4 is 34.7 Å². The average molecular weight is 399 g/mol. The minimum absolute atomic E-state index is 0.141. The molecule has 6 heteroatoms. The summed E-state index contributed by atoms with van der Waals surface area (Å²) in [5.74, 6) is 1.39. The quantitative estimate of drug-likeness (QED) is 0.488. The Hall–Kier alpha value is -2.31. The lowest BCUT2D eigenvalue weighted by Gasteiger charge is -2.12. The fourth-order valence-corrected chi connectivity index (χ4v) is 4.20. The molecule has 0 saturated carbocycles. The van der Waals surface area contributed by atoms with Gasteiger partial charge >= 0.3 is 0 Å². The number of ether oxygens (including phenoxy) is 1. The first-order valence-electron chi connectivity index (χ1n) is 8.82. The molecule has 0 aliphatic rings. The van der Waals surface area contributed by atoms with Gasteiger partial charge in [-0.3, -0.25) is 4.79 Å². The number of benzene rings is 2. The number of para-hydroxylation sites is 2. The first-order chi connectivity index (χ1) is 13.2. The van der Waals surface area contributed by atoms with E-state index in [1.54, 1.807) is 23.1 Å². The number of nitrogens with one attached hydrogen (secondary N) is 1. The molecule has 1 N–H and O–H groups in total. The number of rotatable bonds is 8. The Kier molecular flexibility index (Phi) is 6.90. The van der Waals surface area contributed by atoms with Crippen molar-refractivity contribution in [3.05, 3.63) is 70.7 Å². The van der Waals surface area contributed by atoms with Gasteiger partial charge in [0.2, 0.25) is 0 Å². The van der Waals surface area contributed by atoms with Crippen molar-refractivity contribution in [2.45, 2.75) is 30.4 Å². The van der Waals surface area contributed by atoms with E-state index in [-0.39, 0.29) is 5.91 Å². The molecule has 0 aliphatic heterocycles. The van der Waals surface area contributed by atoms with Crippen LogP contribution in [0.2, 0.25) is 0 Å². The van der Waals surface area contributed by atoms with E-state index in [9.17, 15) is 4.79 Å². The summed E-state index contributed by atoms with van der Waals surface area (Å²) < 4.78 is 6.76. The molecule has 1 heterocycles. The number of amides is 1. The zero-order chi connectivity index (χ0) is 19.1. The van der Waals surface area contributed by atoms with Gasteiger partial charge in [0.1, 0.15) is 10.1 Å². The number of thioether (sulfide) groups is 1. The van der Waals surface area contributed by atoms with E-state index in [1.165, 1.54) is 0 Å². The second kappa shape index (κ2) is 9.58. The van der Waals surface area contributed by atoms with Crippen LogP contribution in [0, 0.1) is 6.92 Å². The maximum Gasteiger partial charge on any atom is 0.255 e. The van der Waals surface area contributed by atoms with Gasteiger partial charge in [0, 0.05) is 22.4 Å². The monoisotopic (exact) mass is 398 g/mol. The SMILES string of the molecule is CCCOc1ccccc1NC(=O)c1ccc(CSc2nc(C)cs2)cc1. The van der Waals surface area contributed by atoms with Gasteiger partial charge in [-0.25, -0.2) is 4.98 Å². The molecule has 0 radical (unpaired) electrons. The van der Waals surface area contributed by atoms with Crippen LogP contribution < -0.4 is 10.1 Å². The molecule has 3 aromatic rings. The highest BCUT2D eigenvalue weighted by molar-refractivity contribution is 8.00. The molecule has 3 rings (SSSR count). The minimum atomic E-state index is -0.141. The number of nitrogens with zero attached hydrogens (tertiary/aromatic N) is 1. The molecule has 0 atom stereocenters. The fraction of sp³-hybridized carbons (Fsp3) is 0.238. The van der Waals surface area contributed by atoms with Crippen molar-refractivity contribution in [2.75, 3.05) is 11.9 Å². The molecule has 27 heavy (non-hydrogen) atoms. The van der Waals surface area contributed by atoms with Gasteiger partial charge < -0.3 is 10.1 Å². The molecule has 1 amide bonds. The van der Waals surface area contributed by atoms with Crippen molar-refractivity contribution < 1.29 is 9.53 Å². The first-order valence-corrected chi connectivity index (χ1v) is 10.7. The molecule has 2 aromatic carbocycles. The van der Waals surface area contributed by atoms with Crippen LogP contribution in [-0.2, 0) is 5.75 Å². The second-order valence-electron chi connectivity index (χ2n) is 6.04. The van der Waals surface area contributed by atoms with Crippen LogP contribution in [0.5, 0.6) is 5.75 Å². The maximum atomic E-state index is 12.6. The molecule has 0 saturated heterocycles. The Labute approximate surface area is 168 Å². The Morgan fingerprint density at radius 2 is 1.96 bits per heavy atom. The minimum Gasteiger partial charge on any atom is -0.491 e. The predicted molar refractivity (Wildman–Crippen MR) is 113 cm³/mol. The standard InChI is InChI=1S/C21H22N2O2S2/c1-3-12-25-19-7-5-4-6-18(19)23-20(24)17-10-8-16(9-11-17)14-27-21-22-15(2)13-26-21/h4-11,13H,3,12,14H2,1-2H3,(H,23,24). The summed E-state index contributed by atoms with van der Waals surface area (Å²) in [4.78, 5) is 17.0. The predicted octanol–water partition coefficient (Wildman–Crippen LogP) is 5.78. The maximum absolute atomic E-state index is 12.6. The van der Waals surface area contributed by atoms with E-state index in [0.717, 1.165) is 27.8 Å². The zero-order valence-electron chi connectivity index (χ0n) is 15.4. The summed E-state index contributed by atoms with van der Waals surface area (Å²) in [5.41, 5.74) is 3.53. The lowest BCUT2D eigenvalue weighted by molar-refractivity contribution is 0.102. The summed E-state index contributed by atoms with van der Waals surface area (Å²) in [7, 11) is 0. The normalized spacial score (nSPS) is 10.6. The van der Waals surface area contributed by atoms with Crippen LogP contribution in [-0.4, -0.2) is 17.5 Å². The van der Waals surface area contributed by atoms with Gasteiger partial charge in [-0.2, -0.15) is 0 Å². The van der Waals surface area contributed by atoms with Crippen LogP contribution in [0.25, 0.3) is 0 Å². The average Bonchev–Trinajstić information content (AvgIpc) is 3.11. The largest absolute Gasteiger partial charge is 0.491 e. The van der Waals surface area contributed by atoms with E-state index in [0.29, 0.717) is 23.6 Å². The van der Waals surface area contributed by atoms with E-state index >= 15 is 0 Å². The van der Waals surface area contributed by atoms with E-state index in [4.69, 9.17) is 4.74 Å². The lowest BCUT2D eigenvalue weighted by atomic mass is 10.1. The third-order valence-electron chi connectivity index (χ3n) is 3.77. The highest BCUT2D eigenvalue weighted by Gasteiger charge is 2.10. The molecule has 0 unspecified atom stereocenters. The Bertz CT molecular complexity index is 891. The lowest BCUT2D eigenvalue weighted by Crippen LogP contribution is -2.13. The molecule has 0 fully saturated rings. The number of thiazole rings is 1. The number of aryl methyl sites for hydroxylation is 1. The number of hydrogen-bond acceptors (Lipinski definition) is 5. The van der Waals surface area contributed by atoms with Crippen LogP contribution in [0.1, 0.15) is 35.0 Å². The summed E-state index contributed by atoms with van der Waals surface area (Å²) in [6, 6.07) is 15.2. The third kappa shape index (κ3) is 5.58. The van der Waals surface area contributed by atoms with Gasteiger partial charge in [0.15, 0.2) is 0 Å². The zero-order valence-corrected chi connectivity index (χ0v) is 17.0.